The van der Waals surface area contributed by atoms with E-state index in [4.69, 9.17) is 5.11 Å². The van der Waals surface area contributed by atoms with Crippen molar-refractivity contribution in [1.82, 2.24) is 0 Å². The molecule has 0 radical (unpaired) electrons. The van der Waals surface area contributed by atoms with Crippen LogP contribution in [0.15, 0.2) is 24.8 Å². The Morgan fingerprint density at radius 2 is 2.21 bits per heavy atom. The first kappa shape index (κ1) is 9.00. The van der Waals surface area contributed by atoms with Crippen molar-refractivity contribution in [3.63, 3.8) is 0 Å². The third-order valence-corrected chi connectivity index (χ3v) is 2.56. The van der Waals surface area contributed by atoms with Crippen molar-refractivity contribution in [1.29, 1.82) is 0 Å². The molecular weight excluding hydrogens is 176 g/mol. The average molecular weight is 188 g/mol. The van der Waals surface area contributed by atoms with Crippen LogP contribution in [0, 0.1) is 0 Å². The molecule has 14 heavy (non-hydrogen) atoms. The second-order valence-electron chi connectivity index (χ2n) is 3.63. The van der Waals surface area contributed by atoms with E-state index in [9.17, 15) is 4.79 Å². The quantitative estimate of drug-likeness (QED) is 0.791. The molecule has 0 saturated heterocycles. The molecule has 2 nitrogen and oxygen atoms in total. The van der Waals surface area contributed by atoms with Crippen molar-refractivity contribution in [2.75, 3.05) is 0 Å². The second kappa shape index (κ2) is 3.29. The number of hydrogen-bond donors (Lipinski definition) is 1. The first-order valence-corrected chi connectivity index (χ1v) is 4.72. The Balaban J connectivity index is 2.48. The molecule has 0 heterocycles. The fraction of sp³-hybridized carbons (Fsp3) is 0.250. The summed E-state index contributed by atoms with van der Waals surface area (Å²) in [6.07, 6.45) is 3.91. The van der Waals surface area contributed by atoms with Gasteiger partial charge in [-0.1, -0.05) is 24.8 Å². The van der Waals surface area contributed by atoms with Crippen LogP contribution in [-0.2, 0) is 0 Å². The average Bonchev–Trinajstić information content (AvgIpc) is 3.00. The third-order valence-electron chi connectivity index (χ3n) is 2.56. The highest BCUT2D eigenvalue weighted by Crippen LogP contribution is 2.41. The normalized spacial score (nSPS) is 15.1. The van der Waals surface area contributed by atoms with Gasteiger partial charge in [-0.25, -0.2) is 4.79 Å². The first-order chi connectivity index (χ1) is 6.72. The molecule has 2 heteroatoms. The van der Waals surface area contributed by atoms with Crippen LogP contribution in [0.25, 0.3) is 6.08 Å². The van der Waals surface area contributed by atoms with Gasteiger partial charge in [0.15, 0.2) is 0 Å². The molecule has 0 aromatic heterocycles. The van der Waals surface area contributed by atoms with Crippen LogP contribution in [0.3, 0.4) is 0 Å². The zero-order valence-electron chi connectivity index (χ0n) is 7.86. The number of carbonyl (C=O) groups is 1. The number of benzene rings is 1. The van der Waals surface area contributed by atoms with Crippen molar-refractivity contribution in [3.05, 3.63) is 41.5 Å². The molecular formula is C12H12O2. The zero-order valence-corrected chi connectivity index (χ0v) is 7.86. The van der Waals surface area contributed by atoms with E-state index in [1.807, 2.05) is 12.1 Å². The lowest BCUT2D eigenvalue weighted by atomic mass is 10.0. The van der Waals surface area contributed by atoms with Crippen LogP contribution in [-0.4, -0.2) is 11.1 Å². The van der Waals surface area contributed by atoms with Gasteiger partial charge < -0.3 is 5.11 Å². The van der Waals surface area contributed by atoms with Crippen LogP contribution >= 0.6 is 0 Å². The van der Waals surface area contributed by atoms with Crippen molar-refractivity contribution in [2.45, 2.75) is 18.8 Å². The molecule has 0 unspecified atom stereocenters. The van der Waals surface area contributed by atoms with Gasteiger partial charge in [0.05, 0.1) is 5.56 Å². The summed E-state index contributed by atoms with van der Waals surface area (Å²) >= 11 is 0. The fourth-order valence-corrected chi connectivity index (χ4v) is 1.64. The topological polar surface area (TPSA) is 37.3 Å². The summed E-state index contributed by atoms with van der Waals surface area (Å²) in [5.41, 5.74) is 2.28. The van der Waals surface area contributed by atoms with E-state index in [-0.39, 0.29) is 0 Å². The maximum atomic E-state index is 11.0. The SMILES string of the molecule is C=Cc1ccc(C2CC2)c(C(=O)O)c1. The van der Waals surface area contributed by atoms with Crippen molar-refractivity contribution in [2.24, 2.45) is 0 Å². The Hall–Kier alpha value is -1.57. The fourth-order valence-electron chi connectivity index (χ4n) is 1.64. The van der Waals surface area contributed by atoms with Gasteiger partial charge in [0.1, 0.15) is 0 Å². The minimum absolute atomic E-state index is 0.435. The van der Waals surface area contributed by atoms with E-state index < -0.39 is 5.97 Å². The van der Waals surface area contributed by atoms with Gasteiger partial charge in [-0.2, -0.15) is 0 Å². The summed E-state index contributed by atoms with van der Waals surface area (Å²) in [4.78, 5) is 11.0. The second-order valence-corrected chi connectivity index (χ2v) is 3.63. The highest BCUT2D eigenvalue weighted by molar-refractivity contribution is 5.90. The Morgan fingerprint density at radius 1 is 1.50 bits per heavy atom. The predicted molar refractivity (Wildman–Crippen MR) is 55.5 cm³/mol. The third kappa shape index (κ3) is 1.55. The Morgan fingerprint density at radius 3 is 2.71 bits per heavy atom. The van der Waals surface area contributed by atoms with Gasteiger partial charge in [0.2, 0.25) is 0 Å². The van der Waals surface area contributed by atoms with Crippen molar-refractivity contribution < 1.29 is 9.90 Å². The molecule has 0 aliphatic heterocycles. The summed E-state index contributed by atoms with van der Waals surface area (Å²) in [7, 11) is 0. The number of rotatable bonds is 3. The molecule has 72 valence electrons. The Labute approximate surface area is 82.9 Å². The smallest absolute Gasteiger partial charge is 0.335 e. The monoisotopic (exact) mass is 188 g/mol. The predicted octanol–water partition coefficient (Wildman–Crippen LogP) is 2.91. The zero-order chi connectivity index (χ0) is 10.1. The van der Waals surface area contributed by atoms with Gasteiger partial charge in [0, 0.05) is 0 Å². The maximum absolute atomic E-state index is 11.0. The van der Waals surface area contributed by atoms with E-state index in [0.29, 0.717) is 11.5 Å². The molecule has 1 aliphatic rings. The molecule has 0 bridgehead atoms. The lowest BCUT2D eigenvalue weighted by molar-refractivity contribution is 0.0695. The minimum atomic E-state index is -0.837. The summed E-state index contributed by atoms with van der Waals surface area (Å²) in [5, 5.41) is 9.03. The van der Waals surface area contributed by atoms with Gasteiger partial charge in [-0.15, -0.1) is 0 Å². The first-order valence-electron chi connectivity index (χ1n) is 4.72. The van der Waals surface area contributed by atoms with Gasteiger partial charge in [-0.05, 0) is 36.0 Å². The van der Waals surface area contributed by atoms with Crippen LogP contribution < -0.4 is 0 Å². The lowest BCUT2D eigenvalue weighted by Crippen LogP contribution is -2.01. The maximum Gasteiger partial charge on any atom is 0.335 e. The molecule has 1 fully saturated rings. The number of hydrogen-bond acceptors (Lipinski definition) is 1. The summed E-state index contributed by atoms with van der Waals surface area (Å²) in [5.74, 6) is -0.365. The molecule has 2 rings (SSSR count). The lowest BCUT2D eigenvalue weighted by Gasteiger charge is -2.05. The van der Waals surface area contributed by atoms with Crippen LogP contribution in [0.4, 0.5) is 0 Å². The number of carboxylic acids is 1. The van der Waals surface area contributed by atoms with Crippen molar-refractivity contribution in [3.8, 4) is 0 Å². The summed E-state index contributed by atoms with van der Waals surface area (Å²) in [6.45, 7) is 3.63. The highest BCUT2D eigenvalue weighted by atomic mass is 16.4. The molecule has 1 aromatic rings. The number of aromatic carboxylic acids is 1. The van der Waals surface area contributed by atoms with Gasteiger partial charge in [-0.3, -0.25) is 0 Å². The standard InChI is InChI=1S/C12H12O2/c1-2-8-3-6-10(9-4-5-9)11(7-8)12(13)14/h2-3,6-7,9H,1,4-5H2,(H,13,14). The van der Waals surface area contributed by atoms with Crippen LogP contribution in [0.1, 0.15) is 40.2 Å². The van der Waals surface area contributed by atoms with E-state index >= 15 is 0 Å². The molecule has 0 amide bonds. The summed E-state index contributed by atoms with van der Waals surface area (Å²) < 4.78 is 0. The Bertz CT molecular complexity index is 389. The molecule has 0 spiro atoms. The van der Waals surface area contributed by atoms with Crippen molar-refractivity contribution >= 4 is 12.0 Å². The van der Waals surface area contributed by atoms with E-state index in [1.165, 1.54) is 0 Å². The van der Waals surface area contributed by atoms with E-state index in [0.717, 1.165) is 24.0 Å². The van der Waals surface area contributed by atoms with Crippen LogP contribution in [0.5, 0.6) is 0 Å². The van der Waals surface area contributed by atoms with E-state index in [1.54, 1.807) is 12.1 Å². The molecule has 1 aromatic carbocycles. The molecule has 0 atom stereocenters. The molecule has 1 aliphatic carbocycles. The van der Waals surface area contributed by atoms with Crippen LogP contribution in [0.2, 0.25) is 0 Å². The van der Waals surface area contributed by atoms with E-state index in [2.05, 4.69) is 6.58 Å². The molecule has 1 N–H and O–H groups in total. The summed E-state index contributed by atoms with van der Waals surface area (Å²) in [6, 6.07) is 5.54. The van der Waals surface area contributed by atoms with Gasteiger partial charge in [0.25, 0.3) is 0 Å². The van der Waals surface area contributed by atoms with Gasteiger partial charge >= 0.3 is 5.97 Å². The molecule has 1 saturated carbocycles. The largest absolute Gasteiger partial charge is 0.478 e. The number of carboxylic acid groups (broad SMARTS) is 1. The minimum Gasteiger partial charge on any atom is -0.478 e. The Kier molecular flexibility index (Phi) is 2.12. The highest BCUT2D eigenvalue weighted by Gasteiger charge is 2.27.